The second-order valence-corrected chi connectivity index (χ2v) is 10.9. The lowest BCUT2D eigenvalue weighted by Crippen LogP contribution is -2.44. The molecule has 3 aliphatic rings. The number of likely N-dealkylation sites (N-methyl/N-ethyl adjacent to an activating group) is 1. The number of phenolic OH excluding ortho intramolecular Hbond substituents is 1. The standard InChI is InChI=1S/C34H34N4O5/c1-37(21-23-10-14-35-15-11-23)22-32(40)38-16-12-24-18-27-6-8-29(24)33(38)25-4-2-5-26(19-25)42-17-3-13-36-34(41)30-20-28(43-27)7-9-31(30)39/h2,4-11,14-15,18-20,33,39H,3,12-13,16-17,21-22H2,1H3,(H,36,41). The fourth-order valence-corrected chi connectivity index (χ4v) is 5.70. The Morgan fingerprint density at radius 3 is 2.72 bits per heavy atom. The summed E-state index contributed by atoms with van der Waals surface area (Å²) >= 11 is 0. The van der Waals surface area contributed by atoms with Crippen molar-refractivity contribution in [2.24, 2.45) is 0 Å². The highest BCUT2D eigenvalue weighted by atomic mass is 16.5. The predicted octanol–water partition coefficient (Wildman–Crippen LogP) is 4.70. The molecular weight excluding hydrogens is 544 g/mol. The summed E-state index contributed by atoms with van der Waals surface area (Å²) in [5.41, 5.74) is 4.33. The van der Waals surface area contributed by atoms with Crippen molar-refractivity contribution < 1.29 is 24.2 Å². The molecule has 0 aliphatic carbocycles. The Labute approximate surface area is 250 Å². The van der Waals surface area contributed by atoms with Gasteiger partial charge in [0, 0.05) is 32.0 Å². The average molecular weight is 579 g/mol. The van der Waals surface area contributed by atoms with Gasteiger partial charge in [0.1, 0.15) is 23.0 Å². The van der Waals surface area contributed by atoms with Gasteiger partial charge in [-0.2, -0.15) is 0 Å². The van der Waals surface area contributed by atoms with E-state index in [1.165, 1.54) is 6.07 Å². The van der Waals surface area contributed by atoms with Crippen LogP contribution in [0.3, 0.4) is 0 Å². The van der Waals surface area contributed by atoms with Crippen LogP contribution >= 0.6 is 0 Å². The van der Waals surface area contributed by atoms with E-state index in [0.29, 0.717) is 56.3 Å². The van der Waals surface area contributed by atoms with Crippen molar-refractivity contribution in [3.05, 3.63) is 113 Å². The summed E-state index contributed by atoms with van der Waals surface area (Å²) in [6, 6.07) is 22.0. The van der Waals surface area contributed by atoms with Crippen molar-refractivity contribution in [3.8, 4) is 23.0 Å². The maximum Gasteiger partial charge on any atom is 0.255 e. The van der Waals surface area contributed by atoms with Crippen LogP contribution in [0, 0.1) is 0 Å². The van der Waals surface area contributed by atoms with E-state index in [1.807, 2.05) is 71.4 Å². The largest absolute Gasteiger partial charge is 0.507 e. The summed E-state index contributed by atoms with van der Waals surface area (Å²) in [6.45, 7) is 2.25. The van der Waals surface area contributed by atoms with Gasteiger partial charge in [-0.15, -0.1) is 0 Å². The van der Waals surface area contributed by atoms with Gasteiger partial charge in [0.15, 0.2) is 0 Å². The average Bonchev–Trinajstić information content (AvgIpc) is 3.01. The summed E-state index contributed by atoms with van der Waals surface area (Å²) in [6.07, 6.45) is 4.77. The van der Waals surface area contributed by atoms with E-state index in [-0.39, 0.29) is 35.7 Å². The number of aromatic nitrogens is 1. The third-order valence-electron chi connectivity index (χ3n) is 7.77. The van der Waals surface area contributed by atoms with Crippen LogP contribution in [-0.4, -0.2) is 65.0 Å². The molecule has 0 radical (unpaired) electrons. The number of nitrogens with zero attached hydrogens (tertiary/aromatic N) is 3. The molecule has 9 nitrogen and oxygen atoms in total. The first kappa shape index (κ1) is 28.2. The third-order valence-corrected chi connectivity index (χ3v) is 7.77. The number of carbonyl (C=O) groups excluding carboxylic acids is 2. The molecule has 1 atom stereocenters. The maximum absolute atomic E-state index is 13.8. The summed E-state index contributed by atoms with van der Waals surface area (Å²) in [7, 11) is 1.95. The Morgan fingerprint density at radius 2 is 1.86 bits per heavy atom. The number of rotatable bonds is 4. The first-order valence-electron chi connectivity index (χ1n) is 14.5. The van der Waals surface area contributed by atoms with Gasteiger partial charge in [-0.3, -0.25) is 19.5 Å². The van der Waals surface area contributed by atoms with Crippen molar-refractivity contribution in [2.75, 3.05) is 33.3 Å². The van der Waals surface area contributed by atoms with Gasteiger partial charge in [-0.1, -0.05) is 18.2 Å². The summed E-state index contributed by atoms with van der Waals surface area (Å²) < 4.78 is 12.2. The highest BCUT2D eigenvalue weighted by Gasteiger charge is 2.33. The lowest BCUT2D eigenvalue weighted by Gasteiger charge is -2.39. The number of fused-ring (bicyclic) bond motifs is 6. The number of hydrogen-bond acceptors (Lipinski definition) is 7. The van der Waals surface area contributed by atoms with E-state index < -0.39 is 0 Å². The maximum atomic E-state index is 13.8. The van der Waals surface area contributed by atoms with Crippen molar-refractivity contribution in [3.63, 3.8) is 0 Å². The van der Waals surface area contributed by atoms with E-state index >= 15 is 0 Å². The van der Waals surface area contributed by atoms with Crippen LogP contribution in [0.15, 0.2) is 85.2 Å². The quantitative estimate of drug-likeness (QED) is 0.362. The zero-order valence-electron chi connectivity index (χ0n) is 24.0. The first-order chi connectivity index (χ1) is 20.9. The third kappa shape index (κ3) is 6.47. The lowest BCUT2D eigenvalue weighted by molar-refractivity contribution is -0.134. The lowest BCUT2D eigenvalue weighted by atomic mass is 9.87. The number of ether oxygens (including phenoxy) is 2. The smallest absolute Gasteiger partial charge is 0.255 e. The van der Waals surface area contributed by atoms with Crippen LogP contribution < -0.4 is 14.8 Å². The number of amides is 2. The molecule has 0 saturated heterocycles. The van der Waals surface area contributed by atoms with E-state index in [9.17, 15) is 14.7 Å². The second kappa shape index (κ2) is 12.5. The Bertz CT molecular complexity index is 1630. The van der Waals surface area contributed by atoms with Crippen LogP contribution in [0.1, 0.15) is 45.1 Å². The molecule has 4 aromatic rings. The molecule has 0 fully saturated rings. The monoisotopic (exact) mass is 578 g/mol. The van der Waals surface area contributed by atoms with Crippen LogP contribution in [0.25, 0.3) is 0 Å². The van der Waals surface area contributed by atoms with Crippen LogP contribution in [-0.2, 0) is 17.8 Å². The Morgan fingerprint density at radius 1 is 1.05 bits per heavy atom. The van der Waals surface area contributed by atoms with Crippen molar-refractivity contribution in [1.82, 2.24) is 20.1 Å². The molecule has 0 saturated carbocycles. The van der Waals surface area contributed by atoms with E-state index in [4.69, 9.17) is 9.47 Å². The number of carbonyl (C=O) groups is 2. The van der Waals surface area contributed by atoms with Crippen molar-refractivity contribution >= 4 is 11.8 Å². The van der Waals surface area contributed by atoms with Crippen LogP contribution in [0.2, 0.25) is 0 Å². The Balaban J connectivity index is 1.33. The number of aromatic hydroxyl groups is 1. The van der Waals surface area contributed by atoms with Gasteiger partial charge >= 0.3 is 0 Å². The molecule has 220 valence electrons. The first-order valence-corrected chi connectivity index (χ1v) is 14.5. The number of hydrogen-bond donors (Lipinski definition) is 2. The van der Waals surface area contributed by atoms with Gasteiger partial charge < -0.3 is 24.8 Å². The number of benzene rings is 3. The van der Waals surface area contributed by atoms with Crippen molar-refractivity contribution in [1.29, 1.82) is 0 Å². The molecule has 0 spiro atoms. The Hall–Kier alpha value is -4.89. The normalized spacial score (nSPS) is 16.5. The molecule has 1 unspecified atom stereocenters. The zero-order chi connectivity index (χ0) is 29.8. The topological polar surface area (TPSA) is 104 Å². The molecule has 9 heteroatoms. The molecule has 3 aliphatic heterocycles. The minimum Gasteiger partial charge on any atom is -0.507 e. The minimum absolute atomic E-state index is 0.0494. The van der Waals surface area contributed by atoms with Crippen LogP contribution in [0.5, 0.6) is 23.0 Å². The summed E-state index contributed by atoms with van der Waals surface area (Å²) in [4.78, 5) is 34.7. The van der Waals surface area contributed by atoms with E-state index in [0.717, 1.165) is 22.3 Å². The number of nitrogens with one attached hydrogen (secondary N) is 1. The molecule has 43 heavy (non-hydrogen) atoms. The molecule has 3 aromatic carbocycles. The SMILES string of the molecule is CN(CC(=O)N1CCc2cc3ccc2C1c1cccc(c1)OCCCNC(=O)c1cc(ccc1O)O3)Cc1ccncc1. The van der Waals surface area contributed by atoms with Gasteiger partial charge in [-0.25, -0.2) is 0 Å². The minimum atomic E-state index is -0.379. The molecule has 7 rings (SSSR count). The number of phenols is 1. The van der Waals surface area contributed by atoms with Gasteiger partial charge in [0.25, 0.3) is 5.91 Å². The molecule has 8 bridgehead atoms. The summed E-state index contributed by atoms with van der Waals surface area (Å²) in [5, 5.41) is 13.1. The zero-order valence-corrected chi connectivity index (χ0v) is 24.0. The predicted molar refractivity (Wildman–Crippen MR) is 161 cm³/mol. The highest BCUT2D eigenvalue weighted by molar-refractivity contribution is 5.97. The van der Waals surface area contributed by atoms with Gasteiger partial charge in [0.2, 0.25) is 5.91 Å². The van der Waals surface area contributed by atoms with Crippen LogP contribution in [0.4, 0.5) is 0 Å². The van der Waals surface area contributed by atoms with Gasteiger partial charge in [0.05, 0.1) is 24.8 Å². The molecule has 2 amide bonds. The fourth-order valence-electron chi connectivity index (χ4n) is 5.70. The van der Waals surface area contributed by atoms with E-state index in [2.05, 4.69) is 10.3 Å². The van der Waals surface area contributed by atoms with Gasteiger partial charge in [-0.05, 0) is 96.7 Å². The molecule has 2 N–H and O–H groups in total. The number of pyridine rings is 1. The molecule has 4 heterocycles. The second-order valence-electron chi connectivity index (χ2n) is 10.9. The molecular formula is C34H34N4O5. The highest BCUT2D eigenvalue weighted by Crippen LogP contribution is 2.39. The van der Waals surface area contributed by atoms with Crippen molar-refractivity contribution in [2.45, 2.75) is 25.4 Å². The fraction of sp³-hybridized carbons (Fsp3) is 0.265. The molecule has 1 aromatic heterocycles. The van der Waals surface area contributed by atoms with E-state index in [1.54, 1.807) is 24.5 Å². The summed E-state index contributed by atoms with van der Waals surface area (Å²) in [5.74, 6) is 1.32. The Kier molecular flexibility index (Phi) is 8.24.